The van der Waals surface area contributed by atoms with Gasteiger partial charge in [-0.1, -0.05) is 41.9 Å². The minimum Gasteiger partial charge on any atom is -0.394 e. The third-order valence-electron chi connectivity index (χ3n) is 5.69. The molecule has 0 aliphatic carbocycles. The first-order valence-electron chi connectivity index (χ1n) is 10.2. The van der Waals surface area contributed by atoms with Crippen molar-refractivity contribution in [2.75, 3.05) is 6.61 Å². The molecule has 11 heteroatoms. The van der Waals surface area contributed by atoms with Gasteiger partial charge in [-0.25, -0.2) is 4.39 Å². The number of fused-ring (bicyclic) bond motifs is 1. The Kier molecular flexibility index (Phi) is 6.30. The highest BCUT2D eigenvalue weighted by Crippen LogP contribution is 2.27. The van der Waals surface area contributed by atoms with E-state index in [1.165, 1.54) is 21.7 Å². The molecule has 3 aromatic rings. The molecule has 172 valence electrons. The number of hydrogen-bond acceptors (Lipinski definition) is 5. The lowest BCUT2D eigenvalue weighted by molar-refractivity contribution is -0.156. The van der Waals surface area contributed by atoms with Crippen LogP contribution >= 0.6 is 11.6 Å². The van der Waals surface area contributed by atoms with Crippen molar-refractivity contribution in [1.82, 2.24) is 20.0 Å². The van der Waals surface area contributed by atoms with Crippen LogP contribution in [0.5, 0.6) is 0 Å². The van der Waals surface area contributed by atoms with E-state index in [2.05, 4.69) is 10.4 Å². The zero-order chi connectivity index (χ0) is 23.7. The number of halogens is 2. The van der Waals surface area contributed by atoms with E-state index in [1.54, 1.807) is 30.3 Å². The zero-order valence-corrected chi connectivity index (χ0v) is 18.1. The summed E-state index contributed by atoms with van der Waals surface area (Å²) in [5.41, 5.74) is 6.19. The number of rotatable bonds is 7. The molecule has 33 heavy (non-hydrogen) atoms. The summed E-state index contributed by atoms with van der Waals surface area (Å²) in [5.74, 6) is -2.28. The van der Waals surface area contributed by atoms with Crippen LogP contribution in [0.3, 0.4) is 0 Å². The number of amides is 3. The number of primary amides is 1. The second kappa shape index (κ2) is 9.16. The minimum absolute atomic E-state index is 0.0403. The van der Waals surface area contributed by atoms with Crippen molar-refractivity contribution < 1.29 is 23.9 Å². The Bertz CT molecular complexity index is 1250. The van der Waals surface area contributed by atoms with Crippen LogP contribution in [-0.4, -0.2) is 56.2 Å². The smallest absolute Gasteiger partial charge is 0.269 e. The quantitative estimate of drug-likeness (QED) is 0.474. The average Bonchev–Trinajstić information content (AvgIpc) is 3.13. The molecule has 1 saturated heterocycles. The highest BCUT2D eigenvalue weighted by Gasteiger charge is 2.45. The van der Waals surface area contributed by atoms with Gasteiger partial charge in [-0.3, -0.25) is 19.1 Å². The molecule has 1 aliphatic rings. The first-order chi connectivity index (χ1) is 15.8. The van der Waals surface area contributed by atoms with Gasteiger partial charge in [0, 0.05) is 17.5 Å². The highest BCUT2D eigenvalue weighted by atomic mass is 35.5. The van der Waals surface area contributed by atoms with Crippen molar-refractivity contribution in [3.05, 3.63) is 64.6 Å². The van der Waals surface area contributed by atoms with E-state index in [0.29, 0.717) is 10.9 Å². The molecule has 2 aromatic carbocycles. The van der Waals surface area contributed by atoms with Gasteiger partial charge < -0.3 is 21.1 Å². The minimum atomic E-state index is -0.825. The fraction of sp³-hybridized carbons (Fsp3) is 0.273. The predicted octanol–water partition coefficient (Wildman–Crippen LogP) is 1.21. The molecule has 2 atom stereocenters. The number of nitrogens with zero attached hydrogens (tertiary/aromatic N) is 3. The molecule has 0 radical (unpaired) electrons. The molecule has 0 spiro atoms. The van der Waals surface area contributed by atoms with Crippen LogP contribution < -0.4 is 11.1 Å². The third-order valence-corrected chi connectivity index (χ3v) is 5.98. The lowest BCUT2D eigenvalue weighted by atomic mass is 9.92. The van der Waals surface area contributed by atoms with Gasteiger partial charge >= 0.3 is 0 Å². The number of para-hydroxylation sites is 1. The molecule has 1 aromatic heterocycles. The number of likely N-dealkylation sites (tertiary alicyclic amines) is 1. The fourth-order valence-electron chi connectivity index (χ4n) is 4.00. The molecule has 2 heterocycles. The van der Waals surface area contributed by atoms with Crippen molar-refractivity contribution in [2.45, 2.75) is 31.6 Å². The van der Waals surface area contributed by atoms with Crippen molar-refractivity contribution >= 4 is 40.2 Å². The maximum absolute atomic E-state index is 14.1. The van der Waals surface area contributed by atoms with E-state index in [9.17, 15) is 23.9 Å². The van der Waals surface area contributed by atoms with Crippen LogP contribution in [0.4, 0.5) is 4.39 Å². The number of nitrogens with two attached hydrogens (primary N) is 1. The van der Waals surface area contributed by atoms with Crippen molar-refractivity contribution in [1.29, 1.82) is 0 Å². The molecule has 4 rings (SSSR count). The molecule has 3 amide bonds. The number of aliphatic hydroxyl groups is 1. The predicted molar refractivity (Wildman–Crippen MR) is 118 cm³/mol. The number of hydrogen-bond donors (Lipinski definition) is 3. The Balaban J connectivity index is 1.49. The van der Waals surface area contributed by atoms with Gasteiger partial charge in [0.15, 0.2) is 5.69 Å². The first-order valence-corrected chi connectivity index (χ1v) is 10.6. The van der Waals surface area contributed by atoms with Gasteiger partial charge in [0.05, 0.1) is 23.2 Å². The number of nitrogens with one attached hydrogen (secondary N) is 1. The SMILES string of the molecule is NC(=O)c1nn(CC(=O)N2C(CO)CC2C(=O)NCc2cccc(Cl)c2F)c2ccccc12. The maximum Gasteiger partial charge on any atom is 0.269 e. The largest absolute Gasteiger partial charge is 0.394 e. The van der Waals surface area contributed by atoms with Gasteiger partial charge in [-0.05, 0) is 18.6 Å². The van der Waals surface area contributed by atoms with Crippen molar-refractivity contribution in [3.8, 4) is 0 Å². The normalized spacial score (nSPS) is 17.6. The summed E-state index contributed by atoms with van der Waals surface area (Å²) < 4.78 is 15.4. The van der Waals surface area contributed by atoms with E-state index >= 15 is 0 Å². The summed E-state index contributed by atoms with van der Waals surface area (Å²) in [7, 11) is 0. The number of carbonyl (C=O) groups is 3. The van der Waals surface area contributed by atoms with Crippen LogP contribution in [0.2, 0.25) is 5.02 Å². The molecule has 1 fully saturated rings. The number of carbonyl (C=O) groups excluding carboxylic acids is 3. The molecule has 0 bridgehead atoms. The van der Waals surface area contributed by atoms with Gasteiger partial charge in [-0.15, -0.1) is 0 Å². The summed E-state index contributed by atoms with van der Waals surface area (Å²) in [6, 6.07) is 9.96. The summed E-state index contributed by atoms with van der Waals surface area (Å²) >= 11 is 5.77. The zero-order valence-electron chi connectivity index (χ0n) is 17.4. The molecule has 0 saturated carbocycles. The van der Waals surface area contributed by atoms with Gasteiger partial charge in [0.25, 0.3) is 5.91 Å². The Labute approximate surface area is 192 Å². The van der Waals surface area contributed by atoms with Crippen LogP contribution in [0.1, 0.15) is 22.5 Å². The van der Waals surface area contributed by atoms with Gasteiger partial charge in [0.1, 0.15) is 18.4 Å². The van der Waals surface area contributed by atoms with Crippen LogP contribution in [0.15, 0.2) is 42.5 Å². The molecule has 2 unspecified atom stereocenters. The highest BCUT2D eigenvalue weighted by molar-refractivity contribution is 6.30. The number of aliphatic hydroxyl groups excluding tert-OH is 1. The second-order valence-corrected chi connectivity index (χ2v) is 8.11. The lowest BCUT2D eigenvalue weighted by Gasteiger charge is -2.46. The Morgan fingerprint density at radius 3 is 2.70 bits per heavy atom. The Morgan fingerprint density at radius 2 is 1.97 bits per heavy atom. The topological polar surface area (TPSA) is 131 Å². The fourth-order valence-corrected chi connectivity index (χ4v) is 4.19. The summed E-state index contributed by atoms with van der Waals surface area (Å²) in [5, 5.41) is 16.9. The molecule has 9 nitrogen and oxygen atoms in total. The Morgan fingerprint density at radius 1 is 1.21 bits per heavy atom. The first kappa shape index (κ1) is 22.7. The summed E-state index contributed by atoms with van der Waals surface area (Å²) in [6.07, 6.45) is 0.262. The average molecular weight is 474 g/mol. The van der Waals surface area contributed by atoms with E-state index in [4.69, 9.17) is 17.3 Å². The molecule has 1 aliphatic heterocycles. The molecule has 4 N–H and O–H groups in total. The number of benzene rings is 2. The second-order valence-electron chi connectivity index (χ2n) is 7.71. The van der Waals surface area contributed by atoms with E-state index in [1.807, 2.05) is 0 Å². The van der Waals surface area contributed by atoms with Crippen LogP contribution in [-0.2, 0) is 22.7 Å². The standard InChI is InChI=1S/C22H21ClFN5O4/c23-15-6-3-4-12(19(15)24)9-26-22(33)17-8-13(11-30)29(17)18(31)10-28-16-7-2-1-5-14(16)20(27-28)21(25)32/h1-7,13,17,30H,8-11H2,(H2,25,32)(H,26,33). The van der Waals surface area contributed by atoms with E-state index in [-0.39, 0.29) is 42.4 Å². The number of aromatic nitrogens is 2. The third kappa shape index (κ3) is 4.27. The monoisotopic (exact) mass is 473 g/mol. The van der Waals surface area contributed by atoms with Crippen molar-refractivity contribution in [2.24, 2.45) is 5.73 Å². The van der Waals surface area contributed by atoms with E-state index in [0.717, 1.165) is 0 Å². The summed E-state index contributed by atoms with van der Waals surface area (Å²) in [6.45, 7) is -0.666. The lowest BCUT2D eigenvalue weighted by Crippen LogP contribution is -2.65. The van der Waals surface area contributed by atoms with Crippen LogP contribution in [0.25, 0.3) is 10.9 Å². The van der Waals surface area contributed by atoms with Gasteiger partial charge in [0.2, 0.25) is 11.8 Å². The summed E-state index contributed by atoms with van der Waals surface area (Å²) in [4.78, 5) is 38.8. The molecular formula is C22H21ClFN5O4. The maximum atomic E-state index is 14.1. The van der Waals surface area contributed by atoms with Crippen LogP contribution in [0, 0.1) is 5.82 Å². The van der Waals surface area contributed by atoms with E-state index < -0.39 is 35.6 Å². The Hall–Kier alpha value is -3.50. The molecular weight excluding hydrogens is 453 g/mol. The van der Waals surface area contributed by atoms with Crippen molar-refractivity contribution in [3.63, 3.8) is 0 Å². The van der Waals surface area contributed by atoms with Gasteiger partial charge in [-0.2, -0.15) is 5.10 Å².